The van der Waals surface area contributed by atoms with E-state index in [1.807, 2.05) is 7.85 Å². The summed E-state index contributed by atoms with van der Waals surface area (Å²) < 4.78 is 0. The Balaban J connectivity index is 2.52. The zero-order valence-electron chi connectivity index (χ0n) is 15.6. The van der Waals surface area contributed by atoms with Gasteiger partial charge in [0.05, 0.1) is 5.92 Å². The predicted molar refractivity (Wildman–Crippen MR) is 123 cm³/mol. The van der Waals surface area contributed by atoms with Crippen LogP contribution in [0.15, 0.2) is 0 Å². The van der Waals surface area contributed by atoms with Gasteiger partial charge in [0.2, 0.25) is 5.91 Å². The third kappa shape index (κ3) is 2.25. The number of hydrogen-bond acceptors (Lipinski definition) is 1. The van der Waals surface area contributed by atoms with Crippen molar-refractivity contribution < 1.29 is 4.79 Å². The molecule has 1 amide bonds. The molecule has 0 saturated heterocycles. The zero-order valence-corrected chi connectivity index (χ0v) is 16.4. The molecule has 0 aliphatic heterocycles. The van der Waals surface area contributed by atoms with Crippen LogP contribution in [0.5, 0.6) is 0 Å². The molecule has 1 aromatic heterocycles. The summed E-state index contributed by atoms with van der Waals surface area (Å²) in [5.41, 5.74) is 12.4. The minimum atomic E-state index is -0.314. The van der Waals surface area contributed by atoms with E-state index in [0.717, 1.165) is 39.0 Å². The van der Waals surface area contributed by atoms with Crippen LogP contribution in [0.1, 0.15) is 23.6 Å². The maximum absolute atomic E-state index is 12.3. The quantitative estimate of drug-likeness (QED) is 0.502. The van der Waals surface area contributed by atoms with Gasteiger partial charge in [-0.05, 0) is 10.9 Å². The second kappa shape index (κ2) is 5.23. The van der Waals surface area contributed by atoms with Crippen molar-refractivity contribution >= 4 is 99.7 Å². The monoisotopic (exact) mass is 332 g/mol. The molecule has 1 atom stereocenters. The summed E-state index contributed by atoms with van der Waals surface area (Å²) in [6.45, 7) is 0. The van der Waals surface area contributed by atoms with Crippen molar-refractivity contribution in [2.45, 2.75) is 22.8 Å². The number of carbonyl (C=O) groups excluding carboxylic acids is 1. The maximum atomic E-state index is 12.3. The summed E-state index contributed by atoms with van der Waals surface area (Å²) in [5.74, 6) is -0.577. The molecule has 1 aliphatic carbocycles. The number of aromatic nitrogens is 1. The molecule has 116 valence electrons. The topological polar surface area (TPSA) is 58.9 Å². The zero-order chi connectivity index (χ0) is 18.2. The van der Waals surface area contributed by atoms with Gasteiger partial charge in [-0.1, -0.05) is 44.8 Å². The van der Waals surface area contributed by atoms with Gasteiger partial charge < -0.3 is 10.7 Å². The molecule has 2 aromatic rings. The first kappa shape index (κ1) is 17.8. The van der Waals surface area contributed by atoms with Gasteiger partial charge in [-0.3, -0.25) is 4.79 Å². The fourth-order valence-electron chi connectivity index (χ4n) is 5.09. The van der Waals surface area contributed by atoms with Crippen molar-refractivity contribution in [2.24, 2.45) is 5.73 Å². The van der Waals surface area contributed by atoms with E-state index in [1.165, 1.54) is 10.9 Å². The van der Waals surface area contributed by atoms with Gasteiger partial charge in [-0.2, -0.15) is 0 Å². The van der Waals surface area contributed by atoms with Gasteiger partial charge in [-0.15, -0.1) is 0 Å². The summed E-state index contributed by atoms with van der Waals surface area (Å²) >= 11 is 6.60. The molecule has 0 radical (unpaired) electrons. The Labute approximate surface area is 154 Å². The number of H-pyrrole nitrogens is 1. The molecular weight excluding hydrogens is 311 g/mol. The Hall–Kier alpha value is -1.03. The first-order chi connectivity index (χ1) is 10.9. The van der Waals surface area contributed by atoms with Crippen LogP contribution in [0.3, 0.4) is 0 Å². The number of carbonyl (C=O) groups is 1. The number of nitrogens with two attached hydrogens (primary N) is 1. The summed E-state index contributed by atoms with van der Waals surface area (Å²) in [5, 5.41) is 1.74. The average Bonchev–Trinajstić information content (AvgIpc) is 2.81. The fraction of sp³-hybridized carbons (Fsp3) is 0.308. The van der Waals surface area contributed by atoms with E-state index in [9.17, 15) is 4.79 Å². The third-order valence-corrected chi connectivity index (χ3v) is 6.50. The number of hydrogen-bond donors (Lipinski definition) is 2. The number of nitrogens with one attached hydrogen (secondary N) is 1. The molecule has 24 heavy (non-hydrogen) atoms. The predicted octanol–water partition coefficient (Wildman–Crippen LogP) is -6.63. The van der Waals surface area contributed by atoms with E-state index in [4.69, 9.17) is 17.3 Å². The first-order valence-electron chi connectivity index (χ1n) is 8.50. The molecule has 0 spiro atoms. The molecular formula is C13H20B7ClN2O. The SMILES string of the molecule is Bc1c(Cl)c(B)c2c3c([nH]c2c1B)C(C(N)=O)C(B)(B)CC3(B)B. The molecule has 1 unspecified atom stereocenters. The van der Waals surface area contributed by atoms with E-state index in [0.29, 0.717) is 0 Å². The van der Waals surface area contributed by atoms with Gasteiger partial charge in [0.1, 0.15) is 54.9 Å². The van der Waals surface area contributed by atoms with E-state index in [1.54, 1.807) is 0 Å². The molecule has 0 bridgehead atoms. The van der Waals surface area contributed by atoms with Crippen molar-refractivity contribution in [1.29, 1.82) is 0 Å². The molecule has 3 N–H and O–H groups in total. The van der Waals surface area contributed by atoms with Gasteiger partial charge in [0, 0.05) is 16.2 Å². The summed E-state index contributed by atoms with van der Waals surface area (Å²) in [6, 6.07) is 0. The molecule has 1 aliphatic rings. The van der Waals surface area contributed by atoms with Crippen molar-refractivity contribution in [2.75, 3.05) is 0 Å². The van der Waals surface area contributed by atoms with Crippen molar-refractivity contribution in [3.8, 4) is 0 Å². The van der Waals surface area contributed by atoms with Crippen molar-refractivity contribution in [3.05, 3.63) is 16.3 Å². The lowest BCUT2D eigenvalue weighted by Gasteiger charge is -2.46. The van der Waals surface area contributed by atoms with Crippen LogP contribution in [-0.2, 0) is 10.0 Å². The van der Waals surface area contributed by atoms with Crippen LogP contribution in [0.2, 0.25) is 10.2 Å². The Morgan fingerprint density at radius 2 is 1.71 bits per heavy atom. The first-order valence-corrected chi connectivity index (χ1v) is 8.88. The van der Waals surface area contributed by atoms with Crippen molar-refractivity contribution in [3.63, 3.8) is 0 Å². The van der Waals surface area contributed by atoms with Gasteiger partial charge >= 0.3 is 0 Å². The second-order valence-corrected chi connectivity index (χ2v) is 9.12. The number of primary amides is 1. The Bertz CT molecular complexity index is 893. The Morgan fingerprint density at radius 1 is 1.12 bits per heavy atom. The normalized spacial score (nSPS) is 21.5. The summed E-state index contributed by atoms with van der Waals surface area (Å²) in [7, 11) is 15.0. The van der Waals surface area contributed by atoms with E-state index in [2.05, 4.69) is 52.1 Å². The highest BCUT2D eigenvalue weighted by Gasteiger charge is 2.48. The van der Waals surface area contributed by atoms with Crippen LogP contribution >= 0.6 is 11.6 Å². The number of halogens is 1. The summed E-state index contributed by atoms with van der Waals surface area (Å²) in [6.07, 6.45) is 0.900. The molecule has 1 heterocycles. The lowest BCUT2D eigenvalue weighted by atomic mass is 9.33. The lowest BCUT2D eigenvalue weighted by molar-refractivity contribution is -0.120. The molecule has 3 nitrogen and oxygen atoms in total. The largest absolute Gasteiger partial charge is 0.369 e. The molecule has 0 fully saturated rings. The molecule has 1 aromatic carbocycles. The van der Waals surface area contributed by atoms with Crippen LogP contribution in [-0.4, -0.2) is 65.8 Å². The number of benzene rings is 1. The van der Waals surface area contributed by atoms with E-state index >= 15 is 0 Å². The second-order valence-electron chi connectivity index (χ2n) is 8.74. The van der Waals surface area contributed by atoms with Gasteiger partial charge in [0.15, 0.2) is 0 Å². The van der Waals surface area contributed by atoms with Crippen LogP contribution < -0.4 is 22.1 Å². The minimum Gasteiger partial charge on any atom is -0.369 e. The standard InChI is InChI=1S/C13H20B7ClN2O/c14-5-2-3-10(23-9(2)7(16)6(15)8(5)21)4(11(22)24)13(19,20)1-12(3,17)18/h4,23H,1,14-20H2,(H2,22,24). The number of amides is 1. The van der Waals surface area contributed by atoms with Crippen LogP contribution in [0, 0.1) is 0 Å². The maximum Gasteiger partial charge on any atom is 0.225 e. The average molecular weight is 331 g/mol. The number of fused-ring (bicyclic) bond motifs is 3. The highest BCUT2D eigenvalue weighted by molar-refractivity contribution is 6.63. The Morgan fingerprint density at radius 3 is 2.25 bits per heavy atom. The third-order valence-electron chi connectivity index (χ3n) is 5.93. The molecule has 0 saturated carbocycles. The lowest BCUT2D eigenvalue weighted by Crippen LogP contribution is -2.46. The van der Waals surface area contributed by atoms with E-state index < -0.39 is 0 Å². The van der Waals surface area contributed by atoms with Gasteiger partial charge in [0.25, 0.3) is 0 Å². The van der Waals surface area contributed by atoms with Crippen LogP contribution in [0.25, 0.3) is 10.9 Å². The Kier molecular flexibility index (Phi) is 3.88. The van der Waals surface area contributed by atoms with Gasteiger partial charge in [-0.25, -0.2) is 0 Å². The highest BCUT2D eigenvalue weighted by atomic mass is 35.5. The minimum absolute atomic E-state index is 0.0567. The van der Waals surface area contributed by atoms with Crippen LogP contribution in [0.4, 0.5) is 0 Å². The fourth-order valence-corrected chi connectivity index (χ4v) is 5.32. The summed E-state index contributed by atoms with van der Waals surface area (Å²) in [4.78, 5) is 15.9. The number of aromatic amines is 1. The highest BCUT2D eigenvalue weighted by Crippen LogP contribution is 2.53. The van der Waals surface area contributed by atoms with Crippen molar-refractivity contribution in [1.82, 2.24) is 4.98 Å². The molecule has 11 heteroatoms. The smallest absolute Gasteiger partial charge is 0.225 e. The van der Waals surface area contributed by atoms with E-state index in [-0.39, 0.29) is 22.3 Å². The molecule has 3 rings (SSSR count). The number of rotatable bonds is 1.